The summed E-state index contributed by atoms with van der Waals surface area (Å²) in [5.74, 6) is 0.639. The van der Waals surface area contributed by atoms with Crippen LogP contribution >= 0.6 is 0 Å². The van der Waals surface area contributed by atoms with Crippen LogP contribution in [0.15, 0.2) is 29.3 Å². The summed E-state index contributed by atoms with van der Waals surface area (Å²) in [5.41, 5.74) is 1.16. The summed E-state index contributed by atoms with van der Waals surface area (Å²) >= 11 is 0. The van der Waals surface area contributed by atoms with Gasteiger partial charge in [-0.1, -0.05) is 24.3 Å². The molecule has 0 fully saturated rings. The van der Waals surface area contributed by atoms with Gasteiger partial charge in [-0.25, -0.2) is 4.79 Å². The average molecular weight is 290 g/mol. The lowest BCUT2D eigenvalue weighted by Gasteiger charge is -2.30. The SMILES string of the molecule is CC(C)(C)OC(=O)N1CCCN=C1c1ccc(CO)cc1. The van der Waals surface area contributed by atoms with E-state index in [1.807, 2.05) is 45.0 Å². The fourth-order valence-electron chi connectivity index (χ4n) is 2.11. The highest BCUT2D eigenvalue weighted by molar-refractivity contribution is 6.06. The number of aliphatic imine (C=N–C) groups is 1. The molecule has 0 saturated heterocycles. The minimum absolute atomic E-state index is 0.00252. The molecule has 5 heteroatoms. The minimum atomic E-state index is -0.527. The van der Waals surface area contributed by atoms with Gasteiger partial charge in [0, 0.05) is 18.7 Å². The van der Waals surface area contributed by atoms with E-state index < -0.39 is 5.60 Å². The molecule has 1 aliphatic rings. The van der Waals surface area contributed by atoms with Gasteiger partial charge < -0.3 is 9.84 Å². The summed E-state index contributed by atoms with van der Waals surface area (Å²) in [6.45, 7) is 6.86. The van der Waals surface area contributed by atoms with Crippen molar-refractivity contribution in [3.05, 3.63) is 35.4 Å². The summed E-state index contributed by atoms with van der Waals surface area (Å²) < 4.78 is 5.44. The molecule has 1 aliphatic heterocycles. The van der Waals surface area contributed by atoms with E-state index in [4.69, 9.17) is 9.84 Å². The summed E-state index contributed by atoms with van der Waals surface area (Å²) in [7, 11) is 0. The molecule has 0 spiro atoms. The van der Waals surface area contributed by atoms with Crippen molar-refractivity contribution in [3.8, 4) is 0 Å². The lowest BCUT2D eigenvalue weighted by molar-refractivity contribution is 0.0364. The highest BCUT2D eigenvalue weighted by atomic mass is 16.6. The van der Waals surface area contributed by atoms with Gasteiger partial charge in [0.15, 0.2) is 0 Å². The first-order valence-corrected chi connectivity index (χ1v) is 7.16. The van der Waals surface area contributed by atoms with Crippen LogP contribution in [0.3, 0.4) is 0 Å². The Morgan fingerprint density at radius 1 is 1.33 bits per heavy atom. The van der Waals surface area contributed by atoms with Crippen molar-refractivity contribution in [1.82, 2.24) is 4.90 Å². The fraction of sp³-hybridized carbons (Fsp3) is 0.500. The number of amides is 1. The third kappa shape index (κ3) is 4.04. The Morgan fingerprint density at radius 2 is 2.00 bits per heavy atom. The number of benzene rings is 1. The summed E-state index contributed by atoms with van der Waals surface area (Å²) in [6, 6.07) is 7.40. The maximum absolute atomic E-state index is 12.3. The lowest BCUT2D eigenvalue weighted by atomic mass is 10.1. The molecule has 0 saturated carbocycles. The molecular formula is C16H22N2O3. The van der Waals surface area contributed by atoms with Crippen molar-refractivity contribution in [3.63, 3.8) is 0 Å². The number of aliphatic hydroxyl groups excluding tert-OH is 1. The number of carbonyl (C=O) groups excluding carboxylic acids is 1. The van der Waals surface area contributed by atoms with Crippen molar-refractivity contribution in [2.24, 2.45) is 4.99 Å². The lowest BCUT2D eigenvalue weighted by Crippen LogP contribution is -2.44. The Balaban J connectivity index is 2.22. The van der Waals surface area contributed by atoms with Crippen LogP contribution in [0.4, 0.5) is 4.79 Å². The summed E-state index contributed by atoms with van der Waals surface area (Å²) in [5, 5.41) is 9.09. The van der Waals surface area contributed by atoms with E-state index in [-0.39, 0.29) is 12.7 Å². The topological polar surface area (TPSA) is 62.1 Å². The molecule has 0 bridgehead atoms. The number of aliphatic hydroxyl groups is 1. The third-order valence-electron chi connectivity index (χ3n) is 3.07. The van der Waals surface area contributed by atoms with Gasteiger partial charge in [-0.15, -0.1) is 0 Å². The Kier molecular flexibility index (Phi) is 4.63. The van der Waals surface area contributed by atoms with Gasteiger partial charge in [-0.2, -0.15) is 0 Å². The summed E-state index contributed by atoms with van der Waals surface area (Å²) in [6.07, 6.45) is 0.462. The van der Waals surface area contributed by atoms with Crippen molar-refractivity contribution in [1.29, 1.82) is 0 Å². The first-order chi connectivity index (χ1) is 9.90. The zero-order valence-electron chi connectivity index (χ0n) is 12.8. The molecular weight excluding hydrogens is 268 g/mol. The first-order valence-electron chi connectivity index (χ1n) is 7.16. The van der Waals surface area contributed by atoms with Crippen LogP contribution in [0.1, 0.15) is 38.3 Å². The molecule has 1 amide bonds. The van der Waals surface area contributed by atoms with E-state index in [0.717, 1.165) is 17.5 Å². The number of carbonyl (C=O) groups is 1. The molecule has 0 radical (unpaired) electrons. The van der Waals surface area contributed by atoms with Crippen LogP contribution in [0, 0.1) is 0 Å². The van der Waals surface area contributed by atoms with Gasteiger partial charge in [-0.05, 0) is 32.8 Å². The van der Waals surface area contributed by atoms with Crippen LogP contribution in [-0.4, -0.2) is 40.6 Å². The van der Waals surface area contributed by atoms with Crippen LogP contribution in [0.5, 0.6) is 0 Å². The van der Waals surface area contributed by atoms with Gasteiger partial charge in [0.2, 0.25) is 0 Å². The third-order valence-corrected chi connectivity index (χ3v) is 3.07. The quantitative estimate of drug-likeness (QED) is 0.910. The van der Waals surface area contributed by atoms with Crippen LogP contribution < -0.4 is 0 Å². The van der Waals surface area contributed by atoms with E-state index in [1.54, 1.807) is 4.90 Å². The number of ether oxygens (including phenoxy) is 1. The second-order valence-electron chi connectivity index (χ2n) is 6.05. The zero-order chi connectivity index (χ0) is 15.5. The molecule has 0 unspecified atom stereocenters. The molecule has 1 N–H and O–H groups in total. The van der Waals surface area contributed by atoms with Gasteiger partial charge in [-0.3, -0.25) is 9.89 Å². The smallest absolute Gasteiger partial charge is 0.416 e. The van der Waals surface area contributed by atoms with Crippen molar-refractivity contribution in [2.75, 3.05) is 13.1 Å². The molecule has 1 heterocycles. The van der Waals surface area contributed by atoms with E-state index in [9.17, 15) is 4.79 Å². The number of amidine groups is 1. The van der Waals surface area contributed by atoms with Gasteiger partial charge >= 0.3 is 6.09 Å². The number of hydrogen-bond acceptors (Lipinski definition) is 4. The zero-order valence-corrected chi connectivity index (χ0v) is 12.8. The number of rotatable bonds is 2. The average Bonchev–Trinajstić information content (AvgIpc) is 2.45. The molecule has 114 valence electrons. The van der Waals surface area contributed by atoms with Gasteiger partial charge in [0.05, 0.1) is 6.61 Å². The number of nitrogens with zero attached hydrogens (tertiary/aromatic N) is 2. The minimum Gasteiger partial charge on any atom is -0.443 e. The highest BCUT2D eigenvalue weighted by Crippen LogP contribution is 2.17. The Hall–Kier alpha value is -1.88. The van der Waals surface area contributed by atoms with Crippen molar-refractivity contribution in [2.45, 2.75) is 39.4 Å². The second-order valence-corrected chi connectivity index (χ2v) is 6.05. The largest absolute Gasteiger partial charge is 0.443 e. The van der Waals surface area contributed by atoms with Crippen LogP contribution in [0.2, 0.25) is 0 Å². The molecule has 5 nitrogen and oxygen atoms in total. The van der Waals surface area contributed by atoms with Crippen LogP contribution in [0.25, 0.3) is 0 Å². The normalized spacial score (nSPS) is 15.6. The maximum Gasteiger partial charge on any atom is 0.416 e. The fourth-order valence-corrected chi connectivity index (χ4v) is 2.11. The molecule has 21 heavy (non-hydrogen) atoms. The van der Waals surface area contributed by atoms with Crippen LogP contribution in [-0.2, 0) is 11.3 Å². The molecule has 0 aliphatic carbocycles. The number of hydrogen-bond donors (Lipinski definition) is 1. The second kappa shape index (κ2) is 6.26. The van der Waals surface area contributed by atoms with Crippen molar-refractivity contribution < 1.29 is 14.6 Å². The van der Waals surface area contributed by atoms with E-state index in [0.29, 0.717) is 18.9 Å². The van der Waals surface area contributed by atoms with Gasteiger partial charge in [0.25, 0.3) is 0 Å². The standard InChI is InChI=1S/C16H22N2O3/c1-16(2,3)21-15(20)18-10-4-9-17-14(18)13-7-5-12(11-19)6-8-13/h5-8,19H,4,9-11H2,1-3H3. The Labute approximate surface area is 125 Å². The monoisotopic (exact) mass is 290 g/mol. The summed E-state index contributed by atoms with van der Waals surface area (Å²) in [4.78, 5) is 18.4. The predicted molar refractivity (Wildman–Crippen MR) is 81.3 cm³/mol. The molecule has 0 atom stereocenters. The van der Waals surface area contributed by atoms with E-state index in [1.165, 1.54) is 0 Å². The van der Waals surface area contributed by atoms with Crippen molar-refractivity contribution >= 4 is 11.9 Å². The van der Waals surface area contributed by atoms with E-state index in [2.05, 4.69) is 4.99 Å². The van der Waals surface area contributed by atoms with Gasteiger partial charge in [0.1, 0.15) is 11.4 Å². The predicted octanol–water partition coefficient (Wildman–Crippen LogP) is 2.57. The molecule has 1 aromatic rings. The highest BCUT2D eigenvalue weighted by Gasteiger charge is 2.27. The van der Waals surface area contributed by atoms with E-state index >= 15 is 0 Å². The Morgan fingerprint density at radius 3 is 2.57 bits per heavy atom. The molecule has 0 aromatic heterocycles. The Bertz CT molecular complexity index is 529. The molecule has 1 aromatic carbocycles. The maximum atomic E-state index is 12.3. The first kappa shape index (κ1) is 15.5. The molecule has 2 rings (SSSR count).